The number of rotatable bonds is 4. The summed E-state index contributed by atoms with van der Waals surface area (Å²) in [6.45, 7) is 1.28. The molecule has 0 atom stereocenters. The lowest BCUT2D eigenvalue weighted by atomic mass is 9.92. The number of carboxylic acids is 1. The Balaban J connectivity index is 1.84. The van der Waals surface area contributed by atoms with Crippen molar-refractivity contribution in [2.24, 2.45) is 11.0 Å². The monoisotopic (exact) mass is 295 g/mol. The summed E-state index contributed by atoms with van der Waals surface area (Å²) in [5, 5.41) is 14.0. The van der Waals surface area contributed by atoms with E-state index in [9.17, 15) is 14.4 Å². The van der Waals surface area contributed by atoms with E-state index in [0.29, 0.717) is 44.0 Å². The fourth-order valence-corrected chi connectivity index (χ4v) is 2.76. The minimum atomic E-state index is -0.766. The first-order valence-electron chi connectivity index (χ1n) is 7.32. The van der Waals surface area contributed by atoms with Crippen molar-refractivity contribution in [2.45, 2.75) is 38.5 Å². The standard InChI is InChI=1S/C14H21N3O4/c1-16-12(18)4-3-11(15-16)14(21)17-8-6-10(7-9-17)2-5-13(19)20/h10H,2-9H2,1H3,(H,19,20). The first-order valence-corrected chi connectivity index (χ1v) is 7.32. The van der Waals surface area contributed by atoms with Gasteiger partial charge in [-0.3, -0.25) is 14.4 Å². The first kappa shape index (κ1) is 15.5. The lowest BCUT2D eigenvalue weighted by Gasteiger charge is -2.32. The molecule has 7 nitrogen and oxygen atoms in total. The summed E-state index contributed by atoms with van der Waals surface area (Å²) < 4.78 is 0. The normalized spacial score (nSPS) is 20.4. The number of hydrazone groups is 1. The van der Waals surface area contributed by atoms with Crippen molar-refractivity contribution < 1.29 is 19.5 Å². The Labute approximate surface area is 123 Å². The number of likely N-dealkylation sites (tertiary alicyclic amines) is 1. The lowest BCUT2D eigenvalue weighted by Crippen LogP contribution is -2.44. The van der Waals surface area contributed by atoms with Crippen molar-refractivity contribution in [3.8, 4) is 0 Å². The highest BCUT2D eigenvalue weighted by molar-refractivity contribution is 6.39. The molecule has 1 saturated heterocycles. The first-order chi connectivity index (χ1) is 9.97. The Morgan fingerprint density at radius 3 is 2.52 bits per heavy atom. The van der Waals surface area contributed by atoms with Gasteiger partial charge in [-0.05, 0) is 25.2 Å². The Morgan fingerprint density at radius 1 is 1.29 bits per heavy atom. The predicted octanol–water partition coefficient (Wildman–Crippen LogP) is 0.698. The summed E-state index contributed by atoms with van der Waals surface area (Å²) in [5.74, 6) is -0.551. The van der Waals surface area contributed by atoms with Crippen molar-refractivity contribution >= 4 is 23.5 Å². The Hall–Kier alpha value is -1.92. The average Bonchev–Trinajstić information content (AvgIpc) is 2.48. The third-order valence-corrected chi connectivity index (χ3v) is 4.12. The van der Waals surface area contributed by atoms with E-state index < -0.39 is 5.97 Å². The van der Waals surface area contributed by atoms with Gasteiger partial charge in [0.15, 0.2) is 0 Å². The van der Waals surface area contributed by atoms with Crippen LogP contribution in [0.4, 0.5) is 0 Å². The van der Waals surface area contributed by atoms with Gasteiger partial charge in [0.25, 0.3) is 5.91 Å². The molecule has 2 amide bonds. The molecule has 116 valence electrons. The second kappa shape index (κ2) is 6.69. The molecular formula is C14H21N3O4. The molecule has 2 rings (SSSR count). The van der Waals surface area contributed by atoms with Gasteiger partial charge in [0.2, 0.25) is 5.91 Å². The number of piperidine rings is 1. The van der Waals surface area contributed by atoms with Gasteiger partial charge in [-0.15, -0.1) is 0 Å². The molecule has 21 heavy (non-hydrogen) atoms. The van der Waals surface area contributed by atoms with Gasteiger partial charge in [-0.1, -0.05) is 0 Å². The maximum absolute atomic E-state index is 12.3. The van der Waals surface area contributed by atoms with Crippen LogP contribution in [0.5, 0.6) is 0 Å². The number of carboxylic acid groups (broad SMARTS) is 1. The molecule has 0 aromatic carbocycles. The topological polar surface area (TPSA) is 90.3 Å². The van der Waals surface area contributed by atoms with Crippen LogP contribution >= 0.6 is 0 Å². The number of carbonyl (C=O) groups excluding carboxylic acids is 2. The van der Waals surface area contributed by atoms with Crippen LogP contribution in [0.3, 0.4) is 0 Å². The molecule has 0 aromatic rings. The summed E-state index contributed by atoms with van der Waals surface area (Å²) >= 11 is 0. The van der Waals surface area contributed by atoms with E-state index in [-0.39, 0.29) is 18.2 Å². The van der Waals surface area contributed by atoms with Gasteiger partial charge < -0.3 is 10.0 Å². The zero-order valence-electron chi connectivity index (χ0n) is 12.2. The molecule has 0 saturated carbocycles. The summed E-state index contributed by atoms with van der Waals surface area (Å²) in [5.41, 5.74) is 0.445. The van der Waals surface area contributed by atoms with Crippen LogP contribution in [-0.2, 0) is 14.4 Å². The van der Waals surface area contributed by atoms with Gasteiger partial charge in [-0.25, -0.2) is 5.01 Å². The highest BCUT2D eigenvalue weighted by Gasteiger charge is 2.28. The highest BCUT2D eigenvalue weighted by Crippen LogP contribution is 2.22. The van der Waals surface area contributed by atoms with E-state index in [1.807, 2.05) is 0 Å². The van der Waals surface area contributed by atoms with Gasteiger partial charge in [-0.2, -0.15) is 5.10 Å². The summed E-state index contributed by atoms with van der Waals surface area (Å²) in [4.78, 5) is 36.0. The van der Waals surface area contributed by atoms with Crippen molar-refractivity contribution in [1.82, 2.24) is 9.91 Å². The summed E-state index contributed by atoms with van der Waals surface area (Å²) in [7, 11) is 1.56. The minimum absolute atomic E-state index is 0.0704. The quantitative estimate of drug-likeness (QED) is 0.826. The molecule has 0 bridgehead atoms. The second-order valence-electron chi connectivity index (χ2n) is 5.63. The molecule has 1 fully saturated rings. The minimum Gasteiger partial charge on any atom is -0.481 e. The molecule has 1 N–H and O–H groups in total. The number of hydrogen-bond acceptors (Lipinski definition) is 4. The molecule has 2 aliphatic rings. The SMILES string of the molecule is CN1N=C(C(=O)N2CCC(CCC(=O)O)CC2)CCC1=O. The summed E-state index contributed by atoms with van der Waals surface area (Å²) in [6.07, 6.45) is 3.27. The number of nitrogens with zero attached hydrogens (tertiary/aromatic N) is 3. The Morgan fingerprint density at radius 2 is 1.95 bits per heavy atom. The molecule has 0 radical (unpaired) electrons. The van der Waals surface area contributed by atoms with E-state index in [1.54, 1.807) is 11.9 Å². The molecule has 7 heteroatoms. The van der Waals surface area contributed by atoms with Gasteiger partial charge >= 0.3 is 5.97 Å². The molecule has 2 aliphatic heterocycles. The second-order valence-corrected chi connectivity index (χ2v) is 5.63. The Bertz CT molecular complexity index is 467. The zero-order valence-corrected chi connectivity index (χ0v) is 12.2. The van der Waals surface area contributed by atoms with Crippen LogP contribution in [0.25, 0.3) is 0 Å². The van der Waals surface area contributed by atoms with Gasteiger partial charge in [0.1, 0.15) is 5.71 Å². The zero-order chi connectivity index (χ0) is 15.4. The van der Waals surface area contributed by atoms with Gasteiger partial charge in [0, 0.05) is 39.4 Å². The van der Waals surface area contributed by atoms with E-state index >= 15 is 0 Å². The predicted molar refractivity (Wildman–Crippen MR) is 75.6 cm³/mol. The molecular weight excluding hydrogens is 274 g/mol. The van der Waals surface area contributed by atoms with Crippen molar-refractivity contribution in [3.05, 3.63) is 0 Å². The number of carbonyl (C=O) groups is 3. The molecule has 0 aliphatic carbocycles. The van der Waals surface area contributed by atoms with Crippen LogP contribution in [0.2, 0.25) is 0 Å². The smallest absolute Gasteiger partial charge is 0.303 e. The highest BCUT2D eigenvalue weighted by atomic mass is 16.4. The largest absolute Gasteiger partial charge is 0.481 e. The third-order valence-electron chi connectivity index (χ3n) is 4.12. The average molecular weight is 295 g/mol. The maximum atomic E-state index is 12.3. The van der Waals surface area contributed by atoms with Crippen LogP contribution in [0, 0.1) is 5.92 Å². The maximum Gasteiger partial charge on any atom is 0.303 e. The molecule has 2 heterocycles. The van der Waals surface area contributed by atoms with Crippen LogP contribution in [0.15, 0.2) is 5.10 Å². The number of amides is 2. The number of aliphatic carboxylic acids is 1. The van der Waals surface area contributed by atoms with Crippen molar-refractivity contribution in [3.63, 3.8) is 0 Å². The number of hydrogen-bond donors (Lipinski definition) is 1. The van der Waals surface area contributed by atoms with E-state index in [4.69, 9.17) is 5.11 Å². The Kier molecular flexibility index (Phi) is 4.93. The lowest BCUT2D eigenvalue weighted by molar-refractivity contribution is -0.137. The van der Waals surface area contributed by atoms with E-state index in [0.717, 1.165) is 12.8 Å². The summed E-state index contributed by atoms with van der Waals surface area (Å²) in [6, 6.07) is 0. The van der Waals surface area contributed by atoms with Crippen LogP contribution < -0.4 is 0 Å². The molecule has 0 aromatic heterocycles. The molecule has 0 spiro atoms. The van der Waals surface area contributed by atoms with Crippen molar-refractivity contribution in [2.75, 3.05) is 20.1 Å². The van der Waals surface area contributed by atoms with Crippen LogP contribution in [0.1, 0.15) is 38.5 Å². The van der Waals surface area contributed by atoms with E-state index in [2.05, 4.69) is 5.10 Å². The fraction of sp³-hybridized carbons (Fsp3) is 0.714. The van der Waals surface area contributed by atoms with Crippen LogP contribution in [-0.4, -0.2) is 58.6 Å². The third kappa shape index (κ3) is 4.03. The van der Waals surface area contributed by atoms with E-state index in [1.165, 1.54) is 5.01 Å². The van der Waals surface area contributed by atoms with Crippen molar-refractivity contribution in [1.29, 1.82) is 0 Å². The molecule has 0 unspecified atom stereocenters. The fourth-order valence-electron chi connectivity index (χ4n) is 2.76. The van der Waals surface area contributed by atoms with Gasteiger partial charge in [0.05, 0.1) is 0 Å².